The molecule has 5 heteroatoms. The monoisotopic (exact) mass is 338 g/mol. The molecule has 1 aliphatic rings. The Morgan fingerprint density at radius 1 is 1.32 bits per heavy atom. The van der Waals surface area contributed by atoms with Crippen LogP contribution in [0.4, 0.5) is 0 Å². The SMILES string of the molecule is Cc1nnc([C@H]2CCCN(Cc3ccccc3C(C)(C)C#N)[C@H]2C)o1. The second kappa shape index (κ2) is 6.97. The third-order valence-electron chi connectivity index (χ3n) is 5.32. The van der Waals surface area contributed by atoms with Crippen LogP contribution in [0.1, 0.15) is 62.4 Å². The number of aryl methyl sites for hydroxylation is 1. The number of piperidine rings is 1. The van der Waals surface area contributed by atoms with Crippen LogP contribution in [0.5, 0.6) is 0 Å². The van der Waals surface area contributed by atoms with Crippen molar-refractivity contribution >= 4 is 0 Å². The van der Waals surface area contributed by atoms with E-state index in [-0.39, 0.29) is 5.92 Å². The third kappa shape index (κ3) is 3.59. The van der Waals surface area contributed by atoms with Gasteiger partial charge in [0.1, 0.15) is 0 Å². The van der Waals surface area contributed by atoms with Crippen LogP contribution in [-0.4, -0.2) is 27.7 Å². The summed E-state index contributed by atoms with van der Waals surface area (Å²) in [5.41, 5.74) is 1.85. The zero-order valence-corrected chi connectivity index (χ0v) is 15.5. The van der Waals surface area contributed by atoms with Crippen molar-refractivity contribution in [1.29, 1.82) is 5.26 Å². The Kier molecular flexibility index (Phi) is 4.91. The molecule has 1 saturated heterocycles. The van der Waals surface area contributed by atoms with E-state index in [2.05, 4.69) is 46.3 Å². The Balaban J connectivity index is 1.83. The smallest absolute Gasteiger partial charge is 0.221 e. The first kappa shape index (κ1) is 17.6. The van der Waals surface area contributed by atoms with Crippen molar-refractivity contribution in [3.63, 3.8) is 0 Å². The molecule has 0 bridgehead atoms. The number of likely N-dealkylation sites (tertiary alicyclic amines) is 1. The van der Waals surface area contributed by atoms with Crippen molar-refractivity contribution in [1.82, 2.24) is 15.1 Å². The molecule has 0 N–H and O–H groups in total. The van der Waals surface area contributed by atoms with E-state index in [0.717, 1.165) is 37.4 Å². The number of nitriles is 1. The van der Waals surface area contributed by atoms with Crippen LogP contribution in [0.15, 0.2) is 28.7 Å². The quantitative estimate of drug-likeness (QED) is 0.844. The molecule has 0 saturated carbocycles. The van der Waals surface area contributed by atoms with E-state index in [1.807, 2.05) is 26.8 Å². The van der Waals surface area contributed by atoms with Crippen LogP contribution < -0.4 is 0 Å². The van der Waals surface area contributed by atoms with Gasteiger partial charge in [0.25, 0.3) is 0 Å². The molecule has 5 nitrogen and oxygen atoms in total. The summed E-state index contributed by atoms with van der Waals surface area (Å²) in [6.07, 6.45) is 2.19. The number of hydrogen-bond acceptors (Lipinski definition) is 5. The van der Waals surface area contributed by atoms with Gasteiger partial charge in [-0.15, -0.1) is 10.2 Å². The highest BCUT2D eigenvalue weighted by Gasteiger charge is 2.33. The zero-order chi connectivity index (χ0) is 18.0. The van der Waals surface area contributed by atoms with Gasteiger partial charge in [0.2, 0.25) is 11.8 Å². The number of benzene rings is 1. The first-order chi connectivity index (χ1) is 11.9. The maximum absolute atomic E-state index is 9.53. The largest absolute Gasteiger partial charge is 0.425 e. The summed E-state index contributed by atoms with van der Waals surface area (Å²) in [6.45, 7) is 9.92. The molecule has 0 amide bonds. The molecule has 1 fully saturated rings. The van der Waals surface area contributed by atoms with Gasteiger partial charge in [-0.25, -0.2) is 0 Å². The molecule has 0 unspecified atom stereocenters. The minimum absolute atomic E-state index is 0.270. The molecule has 2 atom stereocenters. The maximum Gasteiger partial charge on any atom is 0.221 e. The van der Waals surface area contributed by atoms with Gasteiger partial charge < -0.3 is 4.42 Å². The van der Waals surface area contributed by atoms with Gasteiger partial charge in [0.15, 0.2) is 0 Å². The first-order valence-corrected chi connectivity index (χ1v) is 8.96. The Hall–Kier alpha value is -2.19. The average Bonchev–Trinajstić information content (AvgIpc) is 3.03. The lowest BCUT2D eigenvalue weighted by Gasteiger charge is -2.38. The number of rotatable bonds is 4. The second-order valence-electron chi connectivity index (χ2n) is 7.51. The molecule has 2 aromatic rings. The molecular formula is C20H26N4O. The Morgan fingerprint density at radius 3 is 2.76 bits per heavy atom. The summed E-state index contributed by atoms with van der Waals surface area (Å²) in [6, 6.07) is 11.0. The van der Waals surface area contributed by atoms with E-state index in [1.165, 1.54) is 5.56 Å². The summed E-state index contributed by atoms with van der Waals surface area (Å²) >= 11 is 0. The van der Waals surface area contributed by atoms with Crippen LogP contribution in [0.2, 0.25) is 0 Å². The predicted octanol–water partition coefficient (Wildman–Crippen LogP) is 3.95. The number of hydrogen-bond donors (Lipinski definition) is 0. The average molecular weight is 338 g/mol. The van der Waals surface area contributed by atoms with Gasteiger partial charge in [-0.05, 0) is 51.3 Å². The molecule has 1 aromatic carbocycles. The van der Waals surface area contributed by atoms with E-state index in [0.29, 0.717) is 11.9 Å². The summed E-state index contributed by atoms with van der Waals surface area (Å²) in [7, 11) is 0. The van der Waals surface area contributed by atoms with Crippen LogP contribution in [0.25, 0.3) is 0 Å². The fourth-order valence-electron chi connectivity index (χ4n) is 3.78. The summed E-state index contributed by atoms with van der Waals surface area (Å²) in [5.74, 6) is 1.65. The fourth-order valence-corrected chi connectivity index (χ4v) is 3.78. The lowest BCUT2D eigenvalue weighted by Crippen LogP contribution is -2.42. The highest BCUT2D eigenvalue weighted by Crippen LogP contribution is 2.34. The second-order valence-corrected chi connectivity index (χ2v) is 7.51. The Morgan fingerprint density at radius 2 is 2.08 bits per heavy atom. The van der Waals surface area contributed by atoms with E-state index >= 15 is 0 Å². The van der Waals surface area contributed by atoms with Crippen molar-refractivity contribution < 1.29 is 4.42 Å². The van der Waals surface area contributed by atoms with Crippen LogP contribution in [0, 0.1) is 18.3 Å². The summed E-state index contributed by atoms with van der Waals surface area (Å²) in [4.78, 5) is 2.47. The highest BCUT2D eigenvalue weighted by molar-refractivity contribution is 5.37. The molecule has 3 rings (SSSR count). The van der Waals surface area contributed by atoms with Gasteiger partial charge in [0, 0.05) is 19.5 Å². The van der Waals surface area contributed by atoms with E-state index in [1.54, 1.807) is 0 Å². The van der Waals surface area contributed by atoms with Gasteiger partial charge in [-0.3, -0.25) is 4.90 Å². The number of nitrogens with zero attached hydrogens (tertiary/aromatic N) is 4. The van der Waals surface area contributed by atoms with E-state index in [9.17, 15) is 5.26 Å². The van der Waals surface area contributed by atoms with Crippen LogP contribution in [0.3, 0.4) is 0 Å². The Bertz CT molecular complexity index is 774. The van der Waals surface area contributed by atoms with Crippen LogP contribution in [-0.2, 0) is 12.0 Å². The lowest BCUT2D eigenvalue weighted by atomic mass is 9.82. The van der Waals surface area contributed by atoms with Crippen molar-refractivity contribution in [3.05, 3.63) is 47.2 Å². The number of aromatic nitrogens is 2. The molecule has 25 heavy (non-hydrogen) atoms. The molecule has 2 heterocycles. The van der Waals surface area contributed by atoms with Gasteiger partial charge >= 0.3 is 0 Å². The minimum Gasteiger partial charge on any atom is -0.425 e. The normalized spacial score (nSPS) is 21.9. The summed E-state index contributed by atoms with van der Waals surface area (Å²) < 4.78 is 5.70. The molecule has 132 valence electrons. The standard InChI is InChI=1S/C20H26N4O/c1-14-17(19-23-22-15(2)25-19)9-7-11-24(14)12-16-8-5-6-10-18(16)20(3,4)13-21/h5-6,8,10,14,17H,7,9,11-12H2,1-4H3/t14-,17-/m0/s1. The van der Waals surface area contributed by atoms with Crippen molar-refractivity contribution in [2.24, 2.45) is 0 Å². The summed E-state index contributed by atoms with van der Waals surface area (Å²) in [5, 5.41) is 17.8. The highest BCUT2D eigenvalue weighted by atomic mass is 16.4. The van der Waals surface area contributed by atoms with Gasteiger partial charge in [-0.1, -0.05) is 24.3 Å². The van der Waals surface area contributed by atoms with E-state index < -0.39 is 5.41 Å². The van der Waals surface area contributed by atoms with E-state index in [4.69, 9.17) is 4.42 Å². The molecule has 0 spiro atoms. The Labute approximate surface area is 149 Å². The maximum atomic E-state index is 9.53. The van der Waals surface area contributed by atoms with Crippen LogP contribution >= 0.6 is 0 Å². The molecule has 1 aromatic heterocycles. The zero-order valence-electron chi connectivity index (χ0n) is 15.5. The minimum atomic E-state index is -0.487. The van der Waals surface area contributed by atoms with Crippen molar-refractivity contribution in [2.75, 3.05) is 6.54 Å². The molecular weight excluding hydrogens is 312 g/mol. The topological polar surface area (TPSA) is 66.0 Å². The molecule has 0 radical (unpaired) electrons. The van der Waals surface area contributed by atoms with Crippen molar-refractivity contribution in [2.45, 2.75) is 64.5 Å². The molecule has 1 aliphatic heterocycles. The molecule has 0 aliphatic carbocycles. The lowest BCUT2D eigenvalue weighted by molar-refractivity contribution is 0.118. The van der Waals surface area contributed by atoms with Gasteiger partial charge in [-0.2, -0.15) is 5.26 Å². The third-order valence-corrected chi connectivity index (χ3v) is 5.32. The first-order valence-electron chi connectivity index (χ1n) is 8.96. The predicted molar refractivity (Wildman–Crippen MR) is 96.0 cm³/mol. The van der Waals surface area contributed by atoms with Gasteiger partial charge in [0.05, 0.1) is 17.4 Å². The van der Waals surface area contributed by atoms with Crippen molar-refractivity contribution in [3.8, 4) is 6.07 Å². The fraction of sp³-hybridized carbons (Fsp3) is 0.550.